The quantitative estimate of drug-likeness (QED) is 0.754. The van der Waals surface area contributed by atoms with Crippen LogP contribution in [0.3, 0.4) is 0 Å². The molecule has 0 saturated heterocycles. The van der Waals surface area contributed by atoms with Gasteiger partial charge in [0, 0.05) is 0 Å². The van der Waals surface area contributed by atoms with Crippen molar-refractivity contribution in [2.75, 3.05) is 7.11 Å². The number of thiophene rings is 1. The highest BCUT2D eigenvalue weighted by Gasteiger charge is 2.01. The maximum absolute atomic E-state index is 5.47. The van der Waals surface area contributed by atoms with Crippen LogP contribution in [-0.4, -0.2) is 7.11 Å². The Hall–Kier alpha value is -0.930. The molecular formula is C12H11OS2-. The lowest BCUT2D eigenvalue weighted by Crippen LogP contribution is -1.94. The average Bonchev–Trinajstić information content (AvgIpc) is 2.82. The predicted molar refractivity (Wildman–Crippen MR) is 66.5 cm³/mol. The first-order chi connectivity index (χ1) is 7.31. The first kappa shape index (κ1) is 10.6. The summed E-state index contributed by atoms with van der Waals surface area (Å²) >= 11 is 7.17. The van der Waals surface area contributed by atoms with Crippen LogP contribution in [0.2, 0.25) is 0 Å². The second-order valence-electron chi connectivity index (χ2n) is 3.17. The fourth-order valence-electron chi connectivity index (χ4n) is 1.38. The monoisotopic (exact) mass is 235 g/mol. The summed E-state index contributed by atoms with van der Waals surface area (Å²) in [4.78, 5) is 1.22. The van der Waals surface area contributed by atoms with Crippen LogP contribution < -0.4 is 4.74 Å². The molecule has 0 saturated carbocycles. The van der Waals surface area contributed by atoms with Gasteiger partial charge in [0.25, 0.3) is 0 Å². The highest BCUT2D eigenvalue weighted by atomic mass is 32.1. The maximum Gasteiger partial charge on any atom is 0.118 e. The molecular weight excluding hydrogens is 224 g/mol. The first-order valence-corrected chi connectivity index (χ1v) is 5.99. The van der Waals surface area contributed by atoms with E-state index >= 15 is 0 Å². The van der Waals surface area contributed by atoms with Crippen molar-refractivity contribution in [1.29, 1.82) is 0 Å². The Morgan fingerprint density at radius 3 is 2.47 bits per heavy atom. The minimum Gasteiger partial charge on any atom is -0.779 e. The van der Waals surface area contributed by atoms with Crippen molar-refractivity contribution in [2.24, 2.45) is 0 Å². The Morgan fingerprint density at radius 1 is 1.20 bits per heavy atom. The molecule has 2 rings (SSSR count). The molecule has 3 heteroatoms. The average molecular weight is 235 g/mol. The molecule has 0 radical (unpaired) electrons. The Bertz CT molecular complexity index is 406. The summed E-state index contributed by atoms with van der Waals surface area (Å²) in [7, 11) is 1.67. The zero-order chi connectivity index (χ0) is 10.7. The van der Waals surface area contributed by atoms with E-state index in [0.717, 1.165) is 11.3 Å². The number of methoxy groups -OCH3 is 1. The highest BCUT2D eigenvalue weighted by molar-refractivity contribution is 7.59. The Morgan fingerprint density at radius 2 is 1.93 bits per heavy atom. The molecule has 0 amide bonds. The van der Waals surface area contributed by atoms with Crippen LogP contribution in [0.5, 0.6) is 5.75 Å². The predicted octanol–water partition coefficient (Wildman–Crippen LogP) is 3.39. The van der Waals surface area contributed by atoms with Gasteiger partial charge in [-0.15, -0.1) is 5.25 Å². The summed E-state index contributed by atoms with van der Waals surface area (Å²) in [5.74, 6) is 0.868. The van der Waals surface area contributed by atoms with Gasteiger partial charge >= 0.3 is 0 Å². The van der Waals surface area contributed by atoms with Gasteiger partial charge in [-0.05, 0) is 28.5 Å². The number of ether oxygens (including phenoxy) is 1. The van der Waals surface area contributed by atoms with E-state index in [-0.39, 0.29) is 5.25 Å². The summed E-state index contributed by atoms with van der Waals surface area (Å²) in [5, 5.41) is 2.11. The largest absolute Gasteiger partial charge is 0.779 e. The summed E-state index contributed by atoms with van der Waals surface area (Å²) in [5.41, 5.74) is 1.15. The van der Waals surface area contributed by atoms with Gasteiger partial charge in [-0.25, -0.2) is 0 Å². The molecule has 0 aliphatic heterocycles. The van der Waals surface area contributed by atoms with E-state index < -0.39 is 0 Å². The minimum absolute atomic E-state index is 0.0518. The van der Waals surface area contributed by atoms with Gasteiger partial charge in [0.2, 0.25) is 0 Å². The molecule has 2 aromatic rings. The van der Waals surface area contributed by atoms with Crippen molar-refractivity contribution in [3.8, 4) is 5.75 Å². The lowest BCUT2D eigenvalue weighted by Gasteiger charge is -2.21. The SMILES string of the molecule is COc1ccc(C([S-])c2cccs2)cc1. The highest BCUT2D eigenvalue weighted by Crippen LogP contribution is 2.27. The normalized spacial score (nSPS) is 12.4. The van der Waals surface area contributed by atoms with Crippen molar-refractivity contribution >= 4 is 24.0 Å². The van der Waals surface area contributed by atoms with Crippen LogP contribution in [-0.2, 0) is 12.6 Å². The molecule has 0 N–H and O–H groups in total. The maximum atomic E-state index is 5.47. The van der Waals surface area contributed by atoms with Gasteiger partial charge in [-0.2, -0.15) is 11.3 Å². The molecule has 0 spiro atoms. The van der Waals surface area contributed by atoms with Crippen LogP contribution in [0.15, 0.2) is 41.8 Å². The van der Waals surface area contributed by atoms with Crippen LogP contribution in [0, 0.1) is 0 Å². The smallest absolute Gasteiger partial charge is 0.118 e. The van der Waals surface area contributed by atoms with Crippen LogP contribution >= 0.6 is 11.3 Å². The molecule has 0 aliphatic rings. The zero-order valence-corrected chi connectivity index (χ0v) is 9.98. The molecule has 78 valence electrons. The summed E-state index contributed by atoms with van der Waals surface area (Å²) in [6, 6.07) is 12.0. The lowest BCUT2D eigenvalue weighted by molar-refractivity contribution is 0.414. The van der Waals surface area contributed by atoms with Crippen molar-refractivity contribution in [3.63, 3.8) is 0 Å². The number of benzene rings is 1. The molecule has 1 nitrogen and oxygen atoms in total. The molecule has 0 aliphatic carbocycles. The second-order valence-corrected chi connectivity index (χ2v) is 4.62. The van der Waals surface area contributed by atoms with Gasteiger partial charge in [0.15, 0.2) is 0 Å². The van der Waals surface area contributed by atoms with Crippen molar-refractivity contribution in [1.82, 2.24) is 0 Å². The topological polar surface area (TPSA) is 9.23 Å². The molecule has 0 bridgehead atoms. The third-order valence-corrected chi connectivity index (χ3v) is 3.83. The van der Waals surface area contributed by atoms with E-state index in [1.165, 1.54) is 4.88 Å². The van der Waals surface area contributed by atoms with Gasteiger partial charge < -0.3 is 17.4 Å². The number of hydrogen-bond donors (Lipinski definition) is 0. The molecule has 1 atom stereocenters. The van der Waals surface area contributed by atoms with E-state index in [1.807, 2.05) is 30.3 Å². The van der Waals surface area contributed by atoms with Gasteiger partial charge in [-0.3, -0.25) is 0 Å². The Balaban J connectivity index is 2.22. The van der Waals surface area contributed by atoms with E-state index in [2.05, 4.69) is 11.4 Å². The van der Waals surface area contributed by atoms with Gasteiger partial charge in [-0.1, -0.05) is 23.8 Å². The third-order valence-electron chi connectivity index (χ3n) is 2.22. The lowest BCUT2D eigenvalue weighted by atomic mass is 10.1. The van der Waals surface area contributed by atoms with E-state index in [0.29, 0.717) is 0 Å². The fraction of sp³-hybridized carbons (Fsp3) is 0.167. The fourth-order valence-corrected chi connectivity index (χ4v) is 2.52. The molecule has 1 aromatic carbocycles. The standard InChI is InChI=1S/C12H12OS2/c1-13-10-6-4-9(5-7-10)12(14)11-3-2-8-15-11/h2-8,12,14H,1H3/p-1. The van der Waals surface area contributed by atoms with Crippen molar-refractivity contribution in [3.05, 3.63) is 52.2 Å². The molecule has 1 unspecified atom stereocenters. The van der Waals surface area contributed by atoms with Gasteiger partial charge in [0.05, 0.1) is 7.11 Å². The van der Waals surface area contributed by atoms with Crippen LogP contribution in [0.4, 0.5) is 0 Å². The molecule has 15 heavy (non-hydrogen) atoms. The zero-order valence-electron chi connectivity index (χ0n) is 8.34. The minimum atomic E-state index is 0.0518. The Labute approximate surface area is 99.1 Å². The summed E-state index contributed by atoms with van der Waals surface area (Å²) in [6.07, 6.45) is 0. The molecule has 1 aromatic heterocycles. The summed E-state index contributed by atoms with van der Waals surface area (Å²) in [6.45, 7) is 0. The van der Waals surface area contributed by atoms with Gasteiger partial charge in [0.1, 0.15) is 5.75 Å². The summed E-state index contributed by atoms with van der Waals surface area (Å²) < 4.78 is 5.11. The molecule has 1 heterocycles. The Kier molecular flexibility index (Phi) is 3.34. The first-order valence-electron chi connectivity index (χ1n) is 4.64. The number of hydrogen-bond acceptors (Lipinski definition) is 3. The van der Waals surface area contributed by atoms with Crippen molar-refractivity contribution < 1.29 is 4.74 Å². The van der Waals surface area contributed by atoms with Crippen LogP contribution in [0.1, 0.15) is 15.7 Å². The van der Waals surface area contributed by atoms with E-state index in [9.17, 15) is 0 Å². The molecule has 0 fully saturated rings. The van der Waals surface area contributed by atoms with E-state index in [1.54, 1.807) is 18.4 Å². The van der Waals surface area contributed by atoms with E-state index in [4.69, 9.17) is 17.4 Å². The third kappa shape index (κ3) is 2.36. The van der Waals surface area contributed by atoms with Crippen LogP contribution in [0.25, 0.3) is 0 Å². The number of rotatable bonds is 3. The second kappa shape index (κ2) is 4.73. The van der Waals surface area contributed by atoms with Crippen molar-refractivity contribution in [2.45, 2.75) is 5.25 Å².